The largest absolute Gasteiger partial charge is 0.349 e. The molecule has 0 radical (unpaired) electrons. The molecular formula is C14H21NO. The Labute approximate surface area is 98.1 Å². The number of carbonyl (C=O) groups is 1. The Morgan fingerprint density at radius 3 is 2.75 bits per heavy atom. The zero-order valence-electron chi connectivity index (χ0n) is 10.2. The monoisotopic (exact) mass is 219 g/mol. The van der Waals surface area contributed by atoms with Crippen LogP contribution in [0.5, 0.6) is 0 Å². The Bertz CT molecular complexity index is 311. The molecular weight excluding hydrogens is 198 g/mol. The van der Waals surface area contributed by atoms with Gasteiger partial charge in [0.2, 0.25) is 0 Å². The van der Waals surface area contributed by atoms with Crippen LogP contribution in [0.2, 0.25) is 0 Å². The fourth-order valence-electron chi connectivity index (χ4n) is 1.26. The minimum Gasteiger partial charge on any atom is -0.349 e. The average molecular weight is 219 g/mol. The first kappa shape index (κ1) is 12.8. The molecule has 1 aliphatic rings. The van der Waals surface area contributed by atoms with E-state index >= 15 is 0 Å². The lowest BCUT2D eigenvalue weighted by atomic mass is 10.1. The van der Waals surface area contributed by atoms with Crippen molar-refractivity contribution in [2.24, 2.45) is 5.92 Å². The summed E-state index contributed by atoms with van der Waals surface area (Å²) >= 11 is 0. The molecule has 0 bridgehead atoms. The number of hydrogen-bond donors (Lipinski definition) is 1. The molecule has 1 aliphatic carbocycles. The van der Waals surface area contributed by atoms with E-state index in [2.05, 4.69) is 37.9 Å². The van der Waals surface area contributed by atoms with Gasteiger partial charge in [-0.05, 0) is 25.2 Å². The van der Waals surface area contributed by atoms with Crippen LogP contribution in [0, 0.1) is 5.92 Å². The van der Waals surface area contributed by atoms with Crippen LogP contribution < -0.4 is 5.32 Å². The highest BCUT2D eigenvalue weighted by Crippen LogP contribution is 2.19. The first-order valence-electron chi connectivity index (χ1n) is 5.98. The summed E-state index contributed by atoms with van der Waals surface area (Å²) in [4.78, 5) is 11.5. The highest BCUT2D eigenvalue weighted by atomic mass is 16.1. The van der Waals surface area contributed by atoms with Gasteiger partial charge in [0, 0.05) is 11.6 Å². The minimum atomic E-state index is -0.0366. The molecule has 0 spiro atoms. The van der Waals surface area contributed by atoms with Gasteiger partial charge in [0.25, 0.3) is 5.91 Å². The van der Waals surface area contributed by atoms with Crippen LogP contribution >= 0.6 is 0 Å². The van der Waals surface area contributed by atoms with Gasteiger partial charge in [0.05, 0.1) is 0 Å². The molecule has 1 fully saturated rings. The van der Waals surface area contributed by atoms with Crippen LogP contribution in [-0.2, 0) is 4.79 Å². The lowest BCUT2D eigenvalue weighted by molar-refractivity contribution is -0.117. The quantitative estimate of drug-likeness (QED) is 0.415. The van der Waals surface area contributed by atoms with E-state index in [1.54, 1.807) is 0 Å². The van der Waals surface area contributed by atoms with Gasteiger partial charge in [-0.3, -0.25) is 4.79 Å². The van der Waals surface area contributed by atoms with Crippen molar-refractivity contribution in [2.75, 3.05) is 0 Å². The number of nitrogens with one attached hydrogen (secondary N) is 1. The van der Waals surface area contributed by atoms with Crippen LogP contribution in [0.1, 0.15) is 33.1 Å². The first-order chi connectivity index (χ1) is 7.63. The maximum atomic E-state index is 11.5. The number of hydrogen-bond acceptors (Lipinski definition) is 1. The van der Waals surface area contributed by atoms with Gasteiger partial charge >= 0.3 is 0 Å². The molecule has 2 heteroatoms. The number of carbonyl (C=O) groups excluding carboxylic acids is 1. The summed E-state index contributed by atoms with van der Waals surface area (Å²) in [5.41, 5.74) is 0.545. The number of amides is 1. The Balaban J connectivity index is 2.33. The summed E-state index contributed by atoms with van der Waals surface area (Å²) in [5, 5.41) is 2.91. The summed E-state index contributed by atoms with van der Waals surface area (Å²) in [6, 6.07) is 0.398. The van der Waals surface area contributed by atoms with Gasteiger partial charge in [-0.2, -0.15) is 0 Å². The molecule has 1 saturated carbocycles. The zero-order valence-corrected chi connectivity index (χ0v) is 10.2. The SMILES string of the molecule is C=C(C=CC(C)C=CCC)C(=O)NC1CC1. The lowest BCUT2D eigenvalue weighted by Crippen LogP contribution is -2.25. The molecule has 0 saturated heterocycles. The van der Waals surface area contributed by atoms with E-state index in [0.29, 0.717) is 17.5 Å². The van der Waals surface area contributed by atoms with Gasteiger partial charge in [-0.1, -0.05) is 44.7 Å². The van der Waals surface area contributed by atoms with Crippen LogP contribution in [0.25, 0.3) is 0 Å². The van der Waals surface area contributed by atoms with Crippen molar-refractivity contribution in [3.05, 3.63) is 36.5 Å². The van der Waals surface area contributed by atoms with Crippen LogP contribution in [-0.4, -0.2) is 11.9 Å². The Kier molecular flexibility index (Phi) is 5.03. The van der Waals surface area contributed by atoms with Crippen LogP contribution in [0.15, 0.2) is 36.5 Å². The van der Waals surface area contributed by atoms with Crippen molar-refractivity contribution < 1.29 is 4.79 Å². The molecule has 0 heterocycles. The normalized spacial score (nSPS) is 17.9. The molecule has 1 N–H and O–H groups in total. The van der Waals surface area contributed by atoms with Gasteiger partial charge in [0.1, 0.15) is 0 Å². The molecule has 0 aliphatic heterocycles. The van der Waals surface area contributed by atoms with Crippen molar-refractivity contribution in [1.82, 2.24) is 5.32 Å². The number of allylic oxidation sites excluding steroid dienone is 3. The van der Waals surface area contributed by atoms with Gasteiger partial charge < -0.3 is 5.32 Å². The summed E-state index contributed by atoms with van der Waals surface area (Å²) in [7, 11) is 0. The summed E-state index contributed by atoms with van der Waals surface area (Å²) in [5.74, 6) is 0.316. The Morgan fingerprint density at radius 1 is 1.50 bits per heavy atom. The Hall–Kier alpha value is -1.31. The molecule has 0 aromatic rings. The molecule has 88 valence electrons. The van der Waals surface area contributed by atoms with Crippen molar-refractivity contribution in [3.8, 4) is 0 Å². The third-order valence-corrected chi connectivity index (χ3v) is 2.48. The van der Waals surface area contributed by atoms with E-state index in [-0.39, 0.29) is 5.91 Å². The average Bonchev–Trinajstić information content (AvgIpc) is 3.06. The summed E-state index contributed by atoms with van der Waals surface area (Å²) in [6.45, 7) is 7.96. The van der Waals surface area contributed by atoms with Gasteiger partial charge in [-0.15, -0.1) is 0 Å². The molecule has 0 aromatic carbocycles. The predicted octanol–water partition coefficient (Wildman–Crippen LogP) is 2.98. The lowest BCUT2D eigenvalue weighted by Gasteiger charge is -2.03. The summed E-state index contributed by atoms with van der Waals surface area (Å²) in [6.07, 6.45) is 11.3. The first-order valence-corrected chi connectivity index (χ1v) is 5.98. The molecule has 1 atom stereocenters. The van der Waals surface area contributed by atoms with E-state index in [1.807, 2.05) is 12.2 Å². The third kappa shape index (κ3) is 4.96. The highest BCUT2D eigenvalue weighted by Gasteiger charge is 2.23. The van der Waals surface area contributed by atoms with Crippen molar-refractivity contribution in [2.45, 2.75) is 39.2 Å². The second-order valence-corrected chi connectivity index (χ2v) is 4.33. The van der Waals surface area contributed by atoms with Crippen molar-refractivity contribution in [1.29, 1.82) is 0 Å². The highest BCUT2D eigenvalue weighted by molar-refractivity contribution is 5.95. The summed E-state index contributed by atoms with van der Waals surface area (Å²) < 4.78 is 0. The smallest absolute Gasteiger partial charge is 0.250 e. The Morgan fingerprint density at radius 2 is 2.19 bits per heavy atom. The maximum absolute atomic E-state index is 11.5. The topological polar surface area (TPSA) is 29.1 Å². The van der Waals surface area contributed by atoms with E-state index in [1.165, 1.54) is 0 Å². The van der Waals surface area contributed by atoms with Crippen LogP contribution in [0.4, 0.5) is 0 Å². The molecule has 2 nitrogen and oxygen atoms in total. The maximum Gasteiger partial charge on any atom is 0.250 e. The number of rotatable bonds is 6. The van der Waals surface area contributed by atoms with Crippen LogP contribution in [0.3, 0.4) is 0 Å². The molecule has 1 rings (SSSR count). The van der Waals surface area contributed by atoms with Crippen molar-refractivity contribution in [3.63, 3.8) is 0 Å². The predicted molar refractivity (Wildman–Crippen MR) is 68.0 cm³/mol. The zero-order chi connectivity index (χ0) is 12.0. The van der Waals surface area contributed by atoms with Gasteiger partial charge in [-0.25, -0.2) is 0 Å². The second-order valence-electron chi connectivity index (χ2n) is 4.33. The van der Waals surface area contributed by atoms with Crippen molar-refractivity contribution >= 4 is 5.91 Å². The molecule has 1 amide bonds. The fraction of sp³-hybridized carbons (Fsp3) is 0.500. The van der Waals surface area contributed by atoms with E-state index in [0.717, 1.165) is 19.3 Å². The van der Waals surface area contributed by atoms with Gasteiger partial charge in [0.15, 0.2) is 0 Å². The minimum absolute atomic E-state index is 0.0366. The van der Waals surface area contributed by atoms with E-state index in [9.17, 15) is 4.79 Å². The van der Waals surface area contributed by atoms with E-state index in [4.69, 9.17) is 0 Å². The standard InChI is InChI=1S/C14H21NO/c1-4-5-6-11(2)7-8-12(3)14(16)15-13-9-10-13/h5-8,11,13H,3-4,9-10H2,1-2H3,(H,15,16). The molecule has 16 heavy (non-hydrogen) atoms. The second kappa shape index (κ2) is 6.31. The fourth-order valence-corrected chi connectivity index (χ4v) is 1.26. The van der Waals surface area contributed by atoms with E-state index < -0.39 is 0 Å². The third-order valence-electron chi connectivity index (χ3n) is 2.48. The molecule has 0 aromatic heterocycles. The molecule has 1 unspecified atom stereocenters.